The summed E-state index contributed by atoms with van der Waals surface area (Å²) in [7, 11) is 0. The average Bonchev–Trinajstić information content (AvgIpc) is 2.40. The van der Waals surface area contributed by atoms with Crippen molar-refractivity contribution < 1.29 is 9.53 Å². The van der Waals surface area contributed by atoms with Crippen LogP contribution < -0.4 is 15.4 Å². The van der Waals surface area contributed by atoms with Crippen molar-refractivity contribution in [3.8, 4) is 5.75 Å². The van der Waals surface area contributed by atoms with Crippen LogP contribution in [0.15, 0.2) is 18.2 Å². The summed E-state index contributed by atoms with van der Waals surface area (Å²) in [5.74, 6) is 0.317. The van der Waals surface area contributed by atoms with Crippen LogP contribution in [0, 0.1) is 0 Å². The molecule has 20 heavy (non-hydrogen) atoms. The number of rotatable bonds is 4. The topological polar surface area (TPSA) is 50.4 Å². The zero-order valence-corrected chi connectivity index (χ0v) is 12.8. The molecule has 1 fully saturated rings. The van der Waals surface area contributed by atoms with Crippen molar-refractivity contribution in [1.82, 2.24) is 10.6 Å². The van der Waals surface area contributed by atoms with Crippen LogP contribution in [0.2, 0.25) is 10.0 Å². The molecule has 1 saturated heterocycles. The quantitative estimate of drug-likeness (QED) is 0.897. The molecule has 0 aliphatic carbocycles. The molecule has 1 amide bonds. The Kier molecular flexibility index (Phi) is 5.52. The first-order valence-electron chi connectivity index (χ1n) is 6.67. The summed E-state index contributed by atoms with van der Waals surface area (Å²) in [4.78, 5) is 11.9. The lowest BCUT2D eigenvalue weighted by Gasteiger charge is -2.30. The summed E-state index contributed by atoms with van der Waals surface area (Å²) >= 11 is 11.8. The first kappa shape index (κ1) is 15.4. The van der Waals surface area contributed by atoms with Crippen molar-refractivity contribution in [2.45, 2.75) is 31.8 Å². The molecule has 2 atom stereocenters. The molecule has 6 heteroatoms. The maximum Gasteiger partial charge on any atom is 0.258 e. The Morgan fingerprint density at radius 2 is 2.30 bits per heavy atom. The SMILES string of the molecule is CC1NCCCC1NC(=O)COc1ccc(Cl)cc1Cl. The van der Waals surface area contributed by atoms with Crippen molar-refractivity contribution in [1.29, 1.82) is 0 Å². The van der Waals surface area contributed by atoms with Gasteiger partial charge in [0.05, 0.1) is 5.02 Å². The van der Waals surface area contributed by atoms with Crippen LogP contribution in [-0.2, 0) is 4.79 Å². The van der Waals surface area contributed by atoms with Gasteiger partial charge in [-0.25, -0.2) is 0 Å². The van der Waals surface area contributed by atoms with Crippen molar-refractivity contribution >= 4 is 29.1 Å². The number of piperidine rings is 1. The molecule has 2 unspecified atom stereocenters. The minimum atomic E-state index is -0.142. The Morgan fingerprint density at radius 3 is 3.00 bits per heavy atom. The standard InChI is InChI=1S/C14H18Cl2N2O2/c1-9-12(3-2-6-17-9)18-14(19)8-20-13-5-4-10(15)7-11(13)16/h4-5,7,9,12,17H,2-3,6,8H2,1H3,(H,18,19). The predicted molar refractivity (Wildman–Crippen MR) is 80.6 cm³/mol. The van der Waals surface area contributed by atoms with Crippen molar-refractivity contribution in [3.05, 3.63) is 28.2 Å². The molecule has 0 spiro atoms. The first-order chi connectivity index (χ1) is 9.56. The Balaban J connectivity index is 1.82. The van der Waals surface area contributed by atoms with Gasteiger partial charge in [0.15, 0.2) is 6.61 Å². The highest BCUT2D eigenvalue weighted by Crippen LogP contribution is 2.27. The van der Waals surface area contributed by atoms with Gasteiger partial charge in [-0.3, -0.25) is 4.79 Å². The van der Waals surface area contributed by atoms with Gasteiger partial charge in [-0.05, 0) is 44.5 Å². The molecule has 0 saturated carbocycles. The van der Waals surface area contributed by atoms with Gasteiger partial charge in [0.25, 0.3) is 5.91 Å². The second kappa shape index (κ2) is 7.16. The van der Waals surface area contributed by atoms with Crippen LogP contribution in [0.25, 0.3) is 0 Å². The van der Waals surface area contributed by atoms with Gasteiger partial charge >= 0.3 is 0 Å². The number of hydrogen-bond acceptors (Lipinski definition) is 3. The molecule has 4 nitrogen and oxygen atoms in total. The molecule has 2 rings (SSSR count). The summed E-state index contributed by atoms with van der Waals surface area (Å²) in [5, 5.41) is 7.25. The third kappa shape index (κ3) is 4.27. The van der Waals surface area contributed by atoms with Gasteiger partial charge in [-0.1, -0.05) is 23.2 Å². The van der Waals surface area contributed by atoms with Crippen molar-refractivity contribution in [2.24, 2.45) is 0 Å². The van der Waals surface area contributed by atoms with E-state index in [1.807, 2.05) is 0 Å². The van der Waals surface area contributed by atoms with E-state index in [-0.39, 0.29) is 24.6 Å². The van der Waals surface area contributed by atoms with Crippen molar-refractivity contribution in [2.75, 3.05) is 13.2 Å². The number of ether oxygens (including phenoxy) is 1. The second-order valence-electron chi connectivity index (χ2n) is 4.92. The highest BCUT2D eigenvalue weighted by atomic mass is 35.5. The maximum atomic E-state index is 11.9. The van der Waals surface area contributed by atoms with E-state index >= 15 is 0 Å². The zero-order valence-electron chi connectivity index (χ0n) is 11.3. The summed E-state index contributed by atoms with van der Waals surface area (Å²) in [6.45, 7) is 3.02. The minimum absolute atomic E-state index is 0.0510. The van der Waals surface area contributed by atoms with E-state index in [9.17, 15) is 4.79 Å². The van der Waals surface area contributed by atoms with Gasteiger partial charge in [-0.15, -0.1) is 0 Å². The lowest BCUT2D eigenvalue weighted by molar-refractivity contribution is -0.124. The molecular formula is C14H18Cl2N2O2. The Bertz CT molecular complexity index is 482. The van der Waals surface area contributed by atoms with E-state index in [1.165, 1.54) is 0 Å². The predicted octanol–water partition coefficient (Wildman–Crippen LogP) is 2.63. The largest absolute Gasteiger partial charge is 0.482 e. The fourth-order valence-electron chi connectivity index (χ4n) is 2.23. The maximum absolute atomic E-state index is 11.9. The van der Waals surface area contributed by atoms with Crippen molar-refractivity contribution in [3.63, 3.8) is 0 Å². The number of carbonyl (C=O) groups is 1. The first-order valence-corrected chi connectivity index (χ1v) is 7.42. The van der Waals surface area contributed by atoms with E-state index < -0.39 is 0 Å². The third-order valence-electron chi connectivity index (χ3n) is 3.36. The van der Waals surface area contributed by atoms with Crippen LogP contribution in [0.5, 0.6) is 5.75 Å². The minimum Gasteiger partial charge on any atom is -0.482 e. The molecule has 1 aromatic rings. The number of amides is 1. The third-order valence-corrected chi connectivity index (χ3v) is 3.89. The molecular weight excluding hydrogens is 299 g/mol. The van der Waals surface area contributed by atoms with E-state index in [1.54, 1.807) is 18.2 Å². The van der Waals surface area contributed by atoms with E-state index in [4.69, 9.17) is 27.9 Å². The fraction of sp³-hybridized carbons (Fsp3) is 0.500. The van der Waals surface area contributed by atoms with Crippen LogP contribution in [0.1, 0.15) is 19.8 Å². The molecule has 1 heterocycles. The molecule has 0 radical (unpaired) electrons. The monoisotopic (exact) mass is 316 g/mol. The number of benzene rings is 1. The van der Waals surface area contributed by atoms with Gasteiger partial charge in [-0.2, -0.15) is 0 Å². The number of carbonyl (C=O) groups excluding carboxylic acids is 1. The molecule has 0 aromatic heterocycles. The van der Waals surface area contributed by atoms with Gasteiger partial charge < -0.3 is 15.4 Å². The number of hydrogen-bond donors (Lipinski definition) is 2. The number of halogens is 2. The second-order valence-corrected chi connectivity index (χ2v) is 5.77. The Morgan fingerprint density at radius 1 is 1.50 bits per heavy atom. The van der Waals surface area contributed by atoms with Gasteiger partial charge in [0, 0.05) is 17.1 Å². The van der Waals surface area contributed by atoms with Crippen LogP contribution >= 0.6 is 23.2 Å². The van der Waals surface area contributed by atoms with Gasteiger partial charge in [0.1, 0.15) is 5.75 Å². The summed E-state index contributed by atoms with van der Waals surface area (Å²) in [5.41, 5.74) is 0. The van der Waals surface area contributed by atoms with E-state index in [0.29, 0.717) is 15.8 Å². The fourth-order valence-corrected chi connectivity index (χ4v) is 2.69. The van der Waals surface area contributed by atoms with Gasteiger partial charge in [0.2, 0.25) is 0 Å². The van der Waals surface area contributed by atoms with E-state index in [0.717, 1.165) is 19.4 Å². The van der Waals surface area contributed by atoms with Crippen LogP contribution in [0.3, 0.4) is 0 Å². The summed E-state index contributed by atoms with van der Waals surface area (Å²) in [6.07, 6.45) is 2.06. The van der Waals surface area contributed by atoms with Crippen LogP contribution in [-0.4, -0.2) is 31.1 Å². The average molecular weight is 317 g/mol. The van der Waals surface area contributed by atoms with Crippen LogP contribution in [0.4, 0.5) is 0 Å². The molecule has 1 aliphatic rings. The molecule has 110 valence electrons. The smallest absolute Gasteiger partial charge is 0.258 e. The summed E-state index contributed by atoms with van der Waals surface area (Å²) in [6, 6.07) is 5.35. The Labute approximate surface area is 128 Å². The summed E-state index contributed by atoms with van der Waals surface area (Å²) < 4.78 is 5.41. The zero-order chi connectivity index (χ0) is 14.5. The molecule has 0 bridgehead atoms. The Hall–Kier alpha value is -0.970. The lowest BCUT2D eigenvalue weighted by atomic mass is 10.00. The lowest BCUT2D eigenvalue weighted by Crippen LogP contribution is -2.52. The highest BCUT2D eigenvalue weighted by molar-refractivity contribution is 6.35. The number of nitrogens with one attached hydrogen (secondary N) is 2. The molecule has 1 aliphatic heterocycles. The normalized spacial score (nSPS) is 22.4. The molecule has 2 N–H and O–H groups in total. The molecule has 1 aromatic carbocycles. The highest BCUT2D eigenvalue weighted by Gasteiger charge is 2.22. The van der Waals surface area contributed by atoms with E-state index in [2.05, 4.69) is 17.6 Å².